The minimum absolute atomic E-state index is 0.0443. The summed E-state index contributed by atoms with van der Waals surface area (Å²) in [5, 5.41) is 9.36. The van der Waals surface area contributed by atoms with Gasteiger partial charge < -0.3 is 29.4 Å². The second-order valence-corrected chi connectivity index (χ2v) is 4.64. The van der Waals surface area contributed by atoms with Crippen LogP contribution in [0.1, 0.15) is 5.76 Å². The third-order valence-electron chi connectivity index (χ3n) is 3.01. The van der Waals surface area contributed by atoms with Crippen LogP contribution >= 0.6 is 0 Å². The molecular formula is C15H19N3O5. The SMILES string of the molecule is COc1cc(NC(=O)CNc2cc(C)on2)cc(OC)c1OC. The molecule has 124 valence electrons. The van der Waals surface area contributed by atoms with E-state index in [2.05, 4.69) is 15.8 Å². The van der Waals surface area contributed by atoms with Gasteiger partial charge in [-0.05, 0) is 6.92 Å². The van der Waals surface area contributed by atoms with Gasteiger partial charge in [-0.15, -0.1) is 0 Å². The number of benzene rings is 1. The van der Waals surface area contributed by atoms with Crippen molar-refractivity contribution in [2.75, 3.05) is 38.5 Å². The molecule has 0 fully saturated rings. The van der Waals surface area contributed by atoms with Gasteiger partial charge in [-0.3, -0.25) is 4.79 Å². The number of hydrogen-bond donors (Lipinski definition) is 2. The average Bonchev–Trinajstić information content (AvgIpc) is 2.97. The largest absolute Gasteiger partial charge is 0.493 e. The Labute approximate surface area is 133 Å². The molecule has 0 aliphatic rings. The lowest BCUT2D eigenvalue weighted by atomic mass is 10.2. The fourth-order valence-electron chi connectivity index (χ4n) is 1.98. The zero-order valence-electron chi connectivity index (χ0n) is 13.4. The van der Waals surface area contributed by atoms with Crippen LogP contribution in [0, 0.1) is 6.92 Å². The molecule has 0 atom stereocenters. The lowest BCUT2D eigenvalue weighted by molar-refractivity contribution is -0.114. The number of carbonyl (C=O) groups excluding carboxylic acids is 1. The molecule has 1 aromatic carbocycles. The van der Waals surface area contributed by atoms with Gasteiger partial charge in [-0.1, -0.05) is 5.16 Å². The Kier molecular flexibility index (Phi) is 5.29. The molecule has 1 amide bonds. The third-order valence-corrected chi connectivity index (χ3v) is 3.01. The first-order valence-corrected chi connectivity index (χ1v) is 6.84. The highest BCUT2D eigenvalue weighted by Crippen LogP contribution is 2.39. The number of aryl methyl sites for hydroxylation is 1. The van der Waals surface area contributed by atoms with E-state index in [4.69, 9.17) is 18.7 Å². The van der Waals surface area contributed by atoms with Gasteiger partial charge in [-0.25, -0.2) is 0 Å². The molecule has 2 aromatic rings. The van der Waals surface area contributed by atoms with E-state index in [-0.39, 0.29) is 12.5 Å². The number of hydrogen-bond acceptors (Lipinski definition) is 7. The van der Waals surface area contributed by atoms with Gasteiger partial charge in [0.15, 0.2) is 17.3 Å². The van der Waals surface area contributed by atoms with Crippen molar-refractivity contribution in [1.82, 2.24) is 5.16 Å². The molecule has 1 aromatic heterocycles. The second kappa shape index (κ2) is 7.39. The fourth-order valence-corrected chi connectivity index (χ4v) is 1.98. The fraction of sp³-hybridized carbons (Fsp3) is 0.333. The molecular weight excluding hydrogens is 302 g/mol. The number of carbonyl (C=O) groups is 1. The van der Waals surface area contributed by atoms with Crippen LogP contribution in [0.25, 0.3) is 0 Å². The van der Waals surface area contributed by atoms with Crippen LogP contribution in [0.4, 0.5) is 11.5 Å². The molecule has 0 radical (unpaired) electrons. The number of anilines is 2. The first-order chi connectivity index (χ1) is 11.1. The number of amides is 1. The van der Waals surface area contributed by atoms with E-state index in [1.807, 2.05) is 0 Å². The highest BCUT2D eigenvalue weighted by atomic mass is 16.5. The van der Waals surface area contributed by atoms with E-state index in [0.717, 1.165) is 0 Å². The van der Waals surface area contributed by atoms with E-state index in [1.54, 1.807) is 25.1 Å². The highest BCUT2D eigenvalue weighted by molar-refractivity contribution is 5.94. The maximum Gasteiger partial charge on any atom is 0.243 e. The monoisotopic (exact) mass is 321 g/mol. The summed E-state index contributed by atoms with van der Waals surface area (Å²) in [6, 6.07) is 5.01. The van der Waals surface area contributed by atoms with Crippen molar-refractivity contribution in [3.8, 4) is 17.2 Å². The standard InChI is InChI=1S/C15H19N3O5/c1-9-5-13(18-23-9)16-8-14(19)17-10-6-11(20-2)15(22-4)12(7-10)21-3/h5-7H,8H2,1-4H3,(H,16,18)(H,17,19). The van der Waals surface area contributed by atoms with Gasteiger partial charge >= 0.3 is 0 Å². The molecule has 8 heteroatoms. The summed E-state index contributed by atoms with van der Waals surface area (Å²) >= 11 is 0. The lowest BCUT2D eigenvalue weighted by Gasteiger charge is -2.14. The average molecular weight is 321 g/mol. The first kappa shape index (κ1) is 16.5. The van der Waals surface area contributed by atoms with Crippen LogP contribution in [-0.4, -0.2) is 38.9 Å². The number of aromatic nitrogens is 1. The Hall–Kier alpha value is -2.90. The maximum absolute atomic E-state index is 12.0. The van der Waals surface area contributed by atoms with Gasteiger partial charge in [-0.2, -0.15) is 0 Å². The molecule has 0 unspecified atom stereocenters. The Balaban J connectivity index is 2.05. The van der Waals surface area contributed by atoms with Crippen molar-refractivity contribution in [1.29, 1.82) is 0 Å². The second-order valence-electron chi connectivity index (χ2n) is 4.64. The van der Waals surface area contributed by atoms with Crippen molar-refractivity contribution < 1.29 is 23.5 Å². The molecule has 0 saturated carbocycles. The third kappa shape index (κ3) is 4.06. The van der Waals surface area contributed by atoms with Crippen molar-refractivity contribution in [3.63, 3.8) is 0 Å². The smallest absolute Gasteiger partial charge is 0.243 e. The van der Waals surface area contributed by atoms with Crippen molar-refractivity contribution in [2.45, 2.75) is 6.92 Å². The maximum atomic E-state index is 12.0. The summed E-state index contributed by atoms with van der Waals surface area (Å²) in [5.74, 6) is 2.30. The molecule has 0 aliphatic carbocycles. The summed E-state index contributed by atoms with van der Waals surface area (Å²) in [7, 11) is 4.54. The van der Waals surface area contributed by atoms with Crippen LogP contribution in [-0.2, 0) is 4.79 Å². The molecule has 2 rings (SSSR count). The number of methoxy groups -OCH3 is 3. The number of ether oxygens (including phenoxy) is 3. The zero-order chi connectivity index (χ0) is 16.8. The van der Waals surface area contributed by atoms with Crippen LogP contribution in [0.15, 0.2) is 22.7 Å². The predicted molar refractivity (Wildman–Crippen MR) is 84.5 cm³/mol. The van der Waals surface area contributed by atoms with Crippen molar-refractivity contribution in [3.05, 3.63) is 24.0 Å². The molecule has 1 heterocycles. The number of rotatable bonds is 7. The molecule has 23 heavy (non-hydrogen) atoms. The quantitative estimate of drug-likeness (QED) is 0.806. The van der Waals surface area contributed by atoms with Crippen molar-refractivity contribution >= 4 is 17.4 Å². The highest BCUT2D eigenvalue weighted by Gasteiger charge is 2.14. The first-order valence-electron chi connectivity index (χ1n) is 6.84. The van der Waals surface area contributed by atoms with Gasteiger partial charge in [0.05, 0.1) is 27.9 Å². The molecule has 0 aliphatic heterocycles. The normalized spacial score (nSPS) is 10.1. The van der Waals surface area contributed by atoms with Gasteiger partial charge in [0.1, 0.15) is 5.76 Å². The zero-order valence-corrected chi connectivity index (χ0v) is 13.4. The molecule has 0 spiro atoms. The molecule has 0 saturated heterocycles. The lowest BCUT2D eigenvalue weighted by Crippen LogP contribution is -2.21. The van der Waals surface area contributed by atoms with Crippen LogP contribution < -0.4 is 24.8 Å². The summed E-state index contributed by atoms with van der Waals surface area (Å²) in [6.45, 7) is 1.82. The van der Waals surface area contributed by atoms with Crippen LogP contribution in [0.5, 0.6) is 17.2 Å². The van der Waals surface area contributed by atoms with Crippen molar-refractivity contribution in [2.24, 2.45) is 0 Å². The molecule has 2 N–H and O–H groups in total. The van der Waals surface area contributed by atoms with Crippen LogP contribution in [0.2, 0.25) is 0 Å². The Morgan fingerprint density at radius 3 is 2.26 bits per heavy atom. The topological polar surface area (TPSA) is 94.9 Å². The predicted octanol–water partition coefficient (Wildman–Crippen LogP) is 2.06. The Bertz CT molecular complexity index is 658. The number of nitrogens with zero attached hydrogens (tertiary/aromatic N) is 1. The summed E-state index contributed by atoms with van der Waals surface area (Å²) < 4.78 is 20.6. The van der Waals surface area contributed by atoms with E-state index in [9.17, 15) is 4.79 Å². The van der Waals surface area contributed by atoms with E-state index >= 15 is 0 Å². The summed E-state index contributed by atoms with van der Waals surface area (Å²) in [5.41, 5.74) is 0.530. The van der Waals surface area contributed by atoms with Crippen LogP contribution in [0.3, 0.4) is 0 Å². The summed E-state index contributed by atoms with van der Waals surface area (Å²) in [4.78, 5) is 12.0. The van der Waals surface area contributed by atoms with E-state index in [0.29, 0.717) is 34.5 Å². The summed E-state index contributed by atoms with van der Waals surface area (Å²) in [6.07, 6.45) is 0. The van der Waals surface area contributed by atoms with E-state index in [1.165, 1.54) is 21.3 Å². The van der Waals surface area contributed by atoms with Gasteiger partial charge in [0.25, 0.3) is 0 Å². The minimum Gasteiger partial charge on any atom is -0.493 e. The van der Waals surface area contributed by atoms with E-state index < -0.39 is 0 Å². The Morgan fingerprint density at radius 1 is 1.13 bits per heavy atom. The minimum atomic E-state index is -0.250. The van der Waals surface area contributed by atoms with Gasteiger partial charge in [0.2, 0.25) is 11.7 Å². The number of nitrogens with one attached hydrogen (secondary N) is 2. The van der Waals surface area contributed by atoms with Gasteiger partial charge in [0, 0.05) is 23.9 Å². The Morgan fingerprint density at radius 2 is 1.78 bits per heavy atom. The molecule has 0 bridgehead atoms. The molecule has 8 nitrogen and oxygen atoms in total.